The van der Waals surface area contributed by atoms with Crippen molar-refractivity contribution in [1.82, 2.24) is 4.90 Å². The summed E-state index contributed by atoms with van der Waals surface area (Å²) in [5.74, 6) is -1.54. The molecule has 1 aliphatic heterocycles. The average Bonchev–Trinajstić information content (AvgIpc) is 3.11. The molecule has 1 aromatic rings. The molecule has 0 aromatic heterocycles. The van der Waals surface area contributed by atoms with Gasteiger partial charge in [-0.3, -0.25) is 14.5 Å². The molecule has 1 heterocycles. The SMILES string of the molecule is CC1=C(c2c(Cl)cc(C(F)(F)F)cc2Cl)C(C)C(C=C2SC(=S)N(CCCC(=O)O)C2=O)=C1. The minimum atomic E-state index is -4.57. The summed E-state index contributed by atoms with van der Waals surface area (Å²) in [4.78, 5) is 25.3. The van der Waals surface area contributed by atoms with Crippen molar-refractivity contribution < 1.29 is 27.9 Å². The fourth-order valence-corrected chi connectivity index (χ4v) is 5.77. The van der Waals surface area contributed by atoms with Crippen molar-refractivity contribution in [2.45, 2.75) is 32.9 Å². The number of amides is 1. The Bertz CT molecular complexity index is 1120. The summed E-state index contributed by atoms with van der Waals surface area (Å²) in [6.45, 7) is 3.86. The van der Waals surface area contributed by atoms with Crippen LogP contribution in [0.25, 0.3) is 5.57 Å². The number of nitrogens with zero attached hydrogens (tertiary/aromatic N) is 1. The van der Waals surface area contributed by atoms with E-state index in [1.54, 1.807) is 13.0 Å². The Morgan fingerprint density at radius 1 is 1.30 bits per heavy atom. The number of carbonyl (C=O) groups excluding carboxylic acids is 1. The zero-order chi connectivity index (χ0) is 24.7. The number of benzene rings is 1. The highest BCUT2D eigenvalue weighted by Gasteiger charge is 2.35. The quantitative estimate of drug-likeness (QED) is 0.314. The van der Waals surface area contributed by atoms with Crippen LogP contribution >= 0.6 is 47.2 Å². The van der Waals surface area contributed by atoms with E-state index in [0.29, 0.717) is 20.4 Å². The molecular weight excluding hydrogens is 518 g/mol. The molecule has 1 N–H and O–H groups in total. The summed E-state index contributed by atoms with van der Waals surface area (Å²) in [7, 11) is 0. The molecule has 0 radical (unpaired) electrons. The van der Waals surface area contributed by atoms with Gasteiger partial charge in [-0.1, -0.05) is 60.2 Å². The van der Waals surface area contributed by atoms with Gasteiger partial charge in [0.25, 0.3) is 5.91 Å². The van der Waals surface area contributed by atoms with Crippen molar-refractivity contribution in [2.24, 2.45) is 5.92 Å². The van der Waals surface area contributed by atoms with Crippen LogP contribution in [-0.4, -0.2) is 32.7 Å². The van der Waals surface area contributed by atoms with Crippen LogP contribution < -0.4 is 0 Å². The van der Waals surface area contributed by atoms with Crippen LogP contribution in [-0.2, 0) is 15.8 Å². The second-order valence-electron chi connectivity index (χ2n) is 7.61. The van der Waals surface area contributed by atoms with Crippen LogP contribution in [0.5, 0.6) is 0 Å². The Morgan fingerprint density at radius 3 is 2.45 bits per heavy atom. The first-order valence-electron chi connectivity index (χ1n) is 9.77. The van der Waals surface area contributed by atoms with Gasteiger partial charge in [0.15, 0.2) is 0 Å². The van der Waals surface area contributed by atoms with Gasteiger partial charge < -0.3 is 5.11 Å². The molecule has 33 heavy (non-hydrogen) atoms. The minimum absolute atomic E-state index is 0.0700. The van der Waals surface area contributed by atoms with Gasteiger partial charge in [0.1, 0.15) is 4.32 Å². The molecule has 1 amide bonds. The standard InChI is InChI=1S/C22H18Cl2F3NO3S2/c1-10-6-12(7-16-20(31)28(21(32)33-16)5-3-4-17(29)30)11(2)18(10)19-14(23)8-13(9-15(19)24)22(25,26)27/h6-9,11H,3-5H2,1-2H3,(H,29,30). The molecule has 11 heteroatoms. The smallest absolute Gasteiger partial charge is 0.416 e. The molecule has 1 atom stereocenters. The van der Waals surface area contributed by atoms with Gasteiger partial charge >= 0.3 is 12.1 Å². The number of carboxylic acids is 1. The first-order chi connectivity index (χ1) is 15.3. The maximum Gasteiger partial charge on any atom is 0.416 e. The monoisotopic (exact) mass is 535 g/mol. The van der Waals surface area contributed by atoms with E-state index in [4.69, 9.17) is 40.5 Å². The predicted octanol–water partition coefficient (Wildman–Crippen LogP) is 6.97. The molecule has 176 valence electrons. The summed E-state index contributed by atoms with van der Waals surface area (Å²) in [6, 6.07) is 1.71. The van der Waals surface area contributed by atoms with Crippen LogP contribution in [0.3, 0.4) is 0 Å². The number of alkyl halides is 3. The Morgan fingerprint density at radius 2 is 1.91 bits per heavy atom. The number of aliphatic carboxylic acids is 1. The topological polar surface area (TPSA) is 57.6 Å². The predicted molar refractivity (Wildman–Crippen MR) is 128 cm³/mol. The Labute approximate surface area is 208 Å². The molecule has 1 aliphatic carbocycles. The zero-order valence-corrected chi connectivity index (χ0v) is 20.6. The van der Waals surface area contributed by atoms with E-state index in [2.05, 4.69) is 0 Å². The molecule has 3 rings (SSSR count). The lowest BCUT2D eigenvalue weighted by Crippen LogP contribution is -2.29. The van der Waals surface area contributed by atoms with Crippen molar-refractivity contribution in [2.75, 3.05) is 6.54 Å². The third-order valence-electron chi connectivity index (χ3n) is 5.32. The number of thioether (sulfide) groups is 1. The summed E-state index contributed by atoms with van der Waals surface area (Å²) in [5, 5.41) is 8.59. The van der Waals surface area contributed by atoms with Gasteiger partial charge in [-0.05, 0) is 48.3 Å². The number of hydrogen-bond acceptors (Lipinski definition) is 4. The second kappa shape index (κ2) is 9.82. The maximum absolute atomic E-state index is 13.1. The number of allylic oxidation sites excluding steroid dienone is 5. The van der Waals surface area contributed by atoms with E-state index in [9.17, 15) is 22.8 Å². The molecule has 1 unspecified atom stereocenters. The number of thiocarbonyl (C=S) groups is 1. The lowest BCUT2D eigenvalue weighted by Gasteiger charge is -2.18. The van der Waals surface area contributed by atoms with E-state index >= 15 is 0 Å². The van der Waals surface area contributed by atoms with Crippen molar-refractivity contribution in [1.29, 1.82) is 0 Å². The Balaban J connectivity index is 1.84. The van der Waals surface area contributed by atoms with Crippen LogP contribution in [0, 0.1) is 5.92 Å². The molecule has 1 saturated heterocycles. The van der Waals surface area contributed by atoms with Gasteiger partial charge in [-0.15, -0.1) is 0 Å². The fraction of sp³-hybridized carbons (Fsp3) is 0.318. The van der Waals surface area contributed by atoms with E-state index in [-0.39, 0.29) is 41.3 Å². The molecule has 2 aliphatic rings. The van der Waals surface area contributed by atoms with Gasteiger partial charge in [-0.2, -0.15) is 13.2 Å². The van der Waals surface area contributed by atoms with Crippen molar-refractivity contribution in [3.8, 4) is 0 Å². The molecular formula is C22H18Cl2F3NO3S2. The fourth-order valence-electron chi connectivity index (χ4n) is 3.77. The Kier molecular flexibility index (Phi) is 7.68. The molecule has 1 fully saturated rings. The van der Waals surface area contributed by atoms with Gasteiger partial charge in [-0.25, -0.2) is 0 Å². The van der Waals surface area contributed by atoms with E-state index in [1.165, 1.54) is 4.90 Å². The largest absolute Gasteiger partial charge is 0.481 e. The highest BCUT2D eigenvalue weighted by molar-refractivity contribution is 8.26. The number of halogens is 5. The minimum Gasteiger partial charge on any atom is -0.481 e. The normalized spacial score (nSPS) is 20.3. The molecule has 0 spiro atoms. The van der Waals surface area contributed by atoms with Crippen LogP contribution in [0.15, 0.2) is 40.3 Å². The highest BCUT2D eigenvalue weighted by atomic mass is 35.5. The molecule has 0 saturated carbocycles. The van der Waals surface area contributed by atoms with Crippen molar-refractivity contribution >= 4 is 69.0 Å². The molecule has 0 bridgehead atoms. The number of hydrogen-bond donors (Lipinski definition) is 1. The summed E-state index contributed by atoms with van der Waals surface area (Å²) in [6.07, 6.45) is -0.826. The van der Waals surface area contributed by atoms with Crippen molar-refractivity contribution in [3.63, 3.8) is 0 Å². The number of carboxylic acid groups (broad SMARTS) is 1. The Hall–Kier alpha value is -1.81. The average molecular weight is 536 g/mol. The summed E-state index contributed by atoms with van der Waals surface area (Å²) >= 11 is 18.8. The number of carbonyl (C=O) groups is 2. The third kappa shape index (κ3) is 5.48. The number of rotatable bonds is 6. The van der Waals surface area contributed by atoms with Gasteiger partial charge in [0.2, 0.25) is 0 Å². The van der Waals surface area contributed by atoms with Crippen LogP contribution in [0.1, 0.15) is 37.8 Å². The second-order valence-corrected chi connectivity index (χ2v) is 10.1. The maximum atomic E-state index is 13.1. The molecule has 4 nitrogen and oxygen atoms in total. The van der Waals surface area contributed by atoms with E-state index < -0.39 is 17.7 Å². The van der Waals surface area contributed by atoms with Gasteiger partial charge in [0.05, 0.1) is 20.5 Å². The molecule has 1 aromatic carbocycles. The lowest BCUT2D eigenvalue weighted by atomic mass is 9.90. The van der Waals surface area contributed by atoms with Crippen LogP contribution in [0.4, 0.5) is 13.2 Å². The summed E-state index contributed by atoms with van der Waals surface area (Å²) < 4.78 is 39.6. The first kappa shape index (κ1) is 25.8. The first-order valence-corrected chi connectivity index (χ1v) is 11.8. The lowest BCUT2D eigenvalue weighted by molar-refractivity contribution is -0.138. The van der Waals surface area contributed by atoms with E-state index in [1.807, 2.05) is 13.0 Å². The summed E-state index contributed by atoms with van der Waals surface area (Å²) in [5.41, 5.74) is 1.62. The van der Waals surface area contributed by atoms with E-state index in [0.717, 1.165) is 35.0 Å². The zero-order valence-electron chi connectivity index (χ0n) is 17.4. The van der Waals surface area contributed by atoms with Crippen molar-refractivity contribution in [3.05, 3.63) is 61.5 Å². The van der Waals surface area contributed by atoms with Crippen LogP contribution in [0.2, 0.25) is 10.0 Å². The van der Waals surface area contributed by atoms with Gasteiger partial charge in [0, 0.05) is 24.4 Å². The third-order valence-corrected chi connectivity index (χ3v) is 7.30. The highest BCUT2D eigenvalue weighted by Crippen LogP contribution is 2.47.